The molecule has 0 bridgehead atoms. The number of Topliss-reactive ketones (excluding diaryl/α,β-unsaturated/α-hetero) is 1. The number of hydrogen-bond donors (Lipinski definition) is 1. The van der Waals surface area contributed by atoms with Crippen molar-refractivity contribution in [3.8, 4) is 0 Å². The van der Waals surface area contributed by atoms with Crippen molar-refractivity contribution in [2.75, 3.05) is 5.32 Å². The summed E-state index contributed by atoms with van der Waals surface area (Å²) in [5, 5.41) is 3.68. The standard InChI is InChI=1S/C13H18ClN3O/c1-2-3-9-8-15-13(14)17-12(9)16-10-4-6-11(18)7-5-10/h8,10H,2-7H2,1H3,(H,15,16,17). The number of nitrogens with zero attached hydrogens (tertiary/aromatic N) is 2. The largest absolute Gasteiger partial charge is 0.367 e. The first kappa shape index (κ1) is 13.3. The van der Waals surface area contributed by atoms with Gasteiger partial charge in [-0.15, -0.1) is 0 Å². The van der Waals surface area contributed by atoms with Crippen molar-refractivity contribution in [1.29, 1.82) is 0 Å². The summed E-state index contributed by atoms with van der Waals surface area (Å²) in [6, 6.07) is 0.323. The molecule has 1 aliphatic carbocycles. The average Bonchev–Trinajstić information content (AvgIpc) is 2.36. The zero-order chi connectivity index (χ0) is 13.0. The Morgan fingerprint density at radius 3 is 2.83 bits per heavy atom. The van der Waals surface area contributed by atoms with Crippen molar-refractivity contribution >= 4 is 23.2 Å². The van der Waals surface area contributed by atoms with Crippen molar-refractivity contribution in [2.45, 2.75) is 51.5 Å². The SMILES string of the molecule is CCCc1cnc(Cl)nc1NC1CCC(=O)CC1. The zero-order valence-electron chi connectivity index (χ0n) is 10.6. The fourth-order valence-electron chi connectivity index (χ4n) is 2.24. The van der Waals surface area contributed by atoms with Gasteiger partial charge in [0.1, 0.15) is 11.6 Å². The molecule has 0 radical (unpaired) electrons. The number of rotatable bonds is 4. The number of halogens is 1. The highest BCUT2D eigenvalue weighted by molar-refractivity contribution is 6.28. The smallest absolute Gasteiger partial charge is 0.224 e. The number of aryl methyl sites for hydroxylation is 1. The van der Waals surface area contributed by atoms with E-state index in [9.17, 15) is 4.79 Å². The predicted molar refractivity (Wildman–Crippen MR) is 71.9 cm³/mol. The number of carbonyl (C=O) groups excluding carboxylic acids is 1. The summed E-state index contributed by atoms with van der Waals surface area (Å²) in [5.41, 5.74) is 1.10. The number of aromatic nitrogens is 2. The summed E-state index contributed by atoms with van der Waals surface area (Å²) < 4.78 is 0. The van der Waals surface area contributed by atoms with Crippen molar-refractivity contribution in [3.05, 3.63) is 17.0 Å². The van der Waals surface area contributed by atoms with Crippen LogP contribution in [-0.2, 0) is 11.2 Å². The highest BCUT2D eigenvalue weighted by Gasteiger charge is 2.19. The first-order chi connectivity index (χ1) is 8.69. The molecule has 4 nitrogen and oxygen atoms in total. The van der Waals surface area contributed by atoms with Gasteiger partial charge in [0.15, 0.2) is 0 Å². The normalized spacial score (nSPS) is 16.9. The number of ketones is 1. The molecule has 98 valence electrons. The monoisotopic (exact) mass is 267 g/mol. The van der Waals surface area contributed by atoms with Gasteiger partial charge in [0.2, 0.25) is 5.28 Å². The maximum Gasteiger partial charge on any atom is 0.224 e. The lowest BCUT2D eigenvalue weighted by molar-refractivity contribution is -0.120. The minimum absolute atomic E-state index is 0.268. The van der Waals surface area contributed by atoms with Crippen LogP contribution in [0.1, 0.15) is 44.6 Å². The van der Waals surface area contributed by atoms with Crippen LogP contribution in [0.15, 0.2) is 6.20 Å². The Kier molecular flexibility index (Phi) is 4.53. The second-order valence-electron chi connectivity index (χ2n) is 4.72. The zero-order valence-corrected chi connectivity index (χ0v) is 11.3. The molecule has 1 aromatic heterocycles. The lowest BCUT2D eigenvalue weighted by atomic mass is 9.94. The molecule has 1 aromatic rings. The van der Waals surface area contributed by atoms with Crippen LogP contribution in [0.3, 0.4) is 0 Å². The number of hydrogen-bond acceptors (Lipinski definition) is 4. The van der Waals surface area contributed by atoms with Gasteiger partial charge in [-0.05, 0) is 30.9 Å². The molecule has 1 heterocycles. The van der Waals surface area contributed by atoms with Crippen molar-refractivity contribution < 1.29 is 4.79 Å². The topological polar surface area (TPSA) is 54.9 Å². The van der Waals surface area contributed by atoms with Gasteiger partial charge in [-0.1, -0.05) is 13.3 Å². The van der Waals surface area contributed by atoms with Crippen LogP contribution in [0.5, 0.6) is 0 Å². The first-order valence-corrected chi connectivity index (χ1v) is 6.86. The van der Waals surface area contributed by atoms with Crippen LogP contribution in [0.25, 0.3) is 0 Å². The van der Waals surface area contributed by atoms with E-state index in [1.807, 2.05) is 0 Å². The Morgan fingerprint density at radius 2 is 2.17 bits per heavy atom. The Balaban J connectivity index is 2.07. The number of anilines is 1. The Hall–Kier alpha value is -1.16. The van der Waals surface area contributed by atoms with Crippen LogP contribution in [0.2, 0.25) is 5.28 Å². The molecule has 0 saturated heterocycles. The number of nitrogens with one attached hydrogen (secondary N) is 1. The summed E-state index contributed by atoms with van der Waals surface area (Å²) in [4.78, 5) is 19.5. The molecule has 18 heavy (non-hydrogen) atoms. The lowest BCUT2D eigenvalue weighted by Gasteiger charge is -2.23. The van der Waals surface area contributed by atoms with E-state index in [4.69, 9.17) is 11.6 Å². The van der Waals surface area contributed by atoms with Gasteiger partial charge in [0.05, 0.1) is 0 Å². The third-order valence-corrected chi connectivity index (χ3v) is 3.42. The third-order valence-electron chi connectivity index (χ3n) is 3.24. The Labute approximate surface area is 112 Å². The lowest BCUT2D eigenvalue weighted by Crippen LogP contribution is -2.27. The van der Waals surface area contributed by atoms with Gasteiger partial charge in [-0.2, -0.15) is 0 Å². The molecule has 0 amide bonds. The van der Waals surface area contributed by atoms with Crippen LogP contribution >= 0.6 is 11.6 Å². The van der Waals surface area contributed by atoms with E-state index in [2.05, 4.69) is 22.2 Å². The maximum atomic E-state index is 11.2. The summed E-state index contributed by atoms with van der Waals surface area (Å²) in [7, 11) is 0. The molecule has 5 heteroatoms. The van der Waals surface area contributed by atoms with E-state index < -0.39 is 0 Å². The van der Waals surface area contributed by atoms with Gasteiger partial charge in [0, 0.05) is 30.6 Å². The second-order valence-corrected chi connectivity index (χ2v) is 5.06. The summed E-state index contributed by atoms with van der Waals surface area (Å²) >= 11 is 5.84. The van der Waals surface area contributed by atoms with Crippen LogP contribution in [0, 0.1) is 0 Å². The summed E-state index contributed by atoms with van der Waals surface area (Å²) in [6.45, 7) is 2.12. The Morgan fingerprint density at radius 1 is 1.44 bits per heavy atom. The molecule has 0 spiro atoms. The third kappa shape index (κ3) is 3.42. The van der Waals surface area contributed by atoms with E-state index in [1.54, 1.807) is 6.20 Å². The molecule has 0 aromatic carbocycles. The fourth-order valence-corrected chi connectivity index (χ4v) is 2.37. The van der Waals surface area contributed by atoms with Crippen LogP contribution < -0.4 is 5.32 Å². The van der Waals surface area contributed by atoms with Gasteiger partial charge in [0.25, 0.3) is 0 Å². The van der Waals surface area contributed by atoms with E-state index >= 15 is 0 Å². The molecular formula is C13H18ClN3O. The molecule has 1 saturated carbocycles. The minimum atomic E-state index is 0.268. The summed E-state index contributed by atoms with van der Waals surface area (Å²) in [5.74, 6) is 1.19. The van der Waals surface area contributed by atoms with Crippen molar-refractivity contribution in [2.24, 2.45) is 0 Å². The van der Waals surface area contributed by atoms with E-state index in [0.717, 1.165) is 37.1 Å². The maximum absolute atomic E-state index is 11.2. The summed E-state index contributed by atoms with van der Waals surface area (Å²) in [6.07, 6.45) is 6.86. The molecule has 1 N–H and O–H groups in total. The average molecular weight is 268 g/mol. The molecule has 0 atom stereocenters. The number of carbonyl (C=O) groups is 1. The van der Waals surface area contributed by atoms with Gasteiger partial charge < -0.3 is 5.32 Å². The van der Waals surface area contributed by atoms with E-state index in [-0.39, 0.29) is 5.28 Å². The molecule has 0 unspecified atom stereocenters. The molecule has 2 rings (SSSR count). The van der Waals surface area contributed by atoms with Gasteiger partial charge >= 0.3 is 0 Å². The quantitative estimate of drug-likeness (QED) is 0.852. The fraction of sp³-hybridized carbons (Fsp3) is 0.615. The van der Waals surface area contributed by atoms with Crippen LogP contribution in [0.4, 0.5) is 5.82 Å². The first-order valence-electron chi connectivity index (χ1n) is 6.48. The van der Waals surface area contributed by atoms with Crippen molar-refractivity contribution in [3.63, 3.8) is 0 Å². The highest BCUT2D eigenvalue weighted by atomic mass is 35.5. The van der Waals surface area contributed by atoms with Gasteiger partial charge in [-0.3, -0.25) is 4.79 Å². The minimum Gasteiger partial charge on any atom is -0.367 e. The predicted octanol–water partition coefficient (Wildman–Crippen LogP) is 3.01. The highest BCUT2D eigenvalue weighted by Crippen LogP contribution is 2.22. The van der Waals surface area contributed by atoms with E-state index in [0.29, 0.717) is 24.7 Å². The molecule has 1 fully saturated rings. The molecular weight excluding hydrogens is 250 g/mol. The van der Waals surface area contributed by atoms with Crippen molar-refractivity contribution in [1.82, 2.24) is 9.97 Å². The Bertz CT molecular complexity index is 426. The van der Waals surface area contributed by atoms with Gasteiger partial charge in [-0.25, -0.2) is 9.97 Å². The van der Waals surface area contributed by atoms with Crippen LogP contribution in [-0.4, -0.2) is 21.8 Å². The molecule has 0 aliphatic heterocycles. The van der Waals surface area contributed by atoms with E-state index in [1.165, 1.54) is 0 Å². The second kappa shape index (κ2) is 6.14. The molecule has 1 aliphatic rings.